The molecule has 188 valence electrons. The largest absolute Gasteiger partial charge is 0.336 e. The lowest BCUT2D eigenvalue weighted by Gasteiger charge is -2.39. The minimum Gasteiger partial charge on any atom is -0.336 e. The van der Waals surface area contributed by atoms with Gasteiger partial charge in [0.25, 0.3) is 15.9 Å². The molecular weight excluding hydrogens is 482 g/mol. The van der Waals surface area contributed by atoms with Crippen LogP contribution < -0.4 is 4.72 Å². The van der Waals surface area contributed by atoms with E-state index in [4.69, 9.17) is 0 Å². The quantitative estimate of drug-likeness (QED) is 0.378. The third-order valence-electron chi connectivity index (χ3n) is 6.63. The molecule has 1 heterocycles. The molecule has 1 fully saturated rings. The molecule has 1 amide bonds. The van der Waals surface area contributed by atoms with E-state index in [1.165, 1.54) is 11.1 Å². The minimum absolute atomic E-state index is 0.0481. The summed E-state index contributed by atoms with van der Waals surface area (Å²) >= 11 is 0. The number of hydrogen-bond donors (Lipinski definition) is 1. The SMILES string of the molecule is O=C(c1ccc(NS(=O)(=O)c2ccccc2)cc1)N1CCN(C(c2ccccc2)c2ccccc2)CC1. The molecule has 0 bridgehead atoms. The van der Waals surface area contributed by atoms with Gasteiger partial charge in [0.2, 0.25) is 0 Å². The average Bonchev–Trinajstić information content (AvgIpc) is 2.95. The highest BCUT2D eigenvalue weighted by molar-refractivity contribution is 7.92. The number of amides is 1. The van der Waals surface area contributed by atoms with Crippen LogP contribution in [-0.2, 0) is 10.0 Å². The van der Waals surface area contributed by atoms with Gasteiger partial charge in [-0.15, -0.1) is 0 Å². The summed E-state index contributed by atoms with van der Waals surface area (Å²) in [6.45, 7) is 2.76. The first kappa shape index (κ1) is 24.7. The molecule has 37 heavy (non-hydrogen) atoms. The zero-order valence-corrected chi connectivity index (χ0v) is 21.2. The second-order valence-electron chi connectivity index (χ2n) is 9.05. The van der Waals surface area contributed by atoms with Crippen molar-refractivity contribution in [2.45, 2.75) is 10.9 Å². The minimum atomic E-state index is -3.68. The van der Waals surface area contributed by atoms with E-state index in [-0.39, 0.29) is 16.8 Å². The molecule has 0 aliphatic carbocycles. The number of benzene rings is 4. The molecule has 5 rings (SSSR count). The lowest BCUT2D eigenvalue weighted by molar-refractivity contribution is 0.0597. The highest BCUT2D eigenvalue weighted by Gasteiger charge is 2.28. The van der Waals surface area contributed by atoms with Crippen molar-refractivity contribution in [1.29, 1.82) is 0 Å². The van der Waals surface area contributed by atoms with Crippen LogP contribution in [0.25, 0.3) is 0 Å². The summed E-state index contributed by atoms with van der Waals surface area (Å²) in [7, 11) is -3.68. The summed E-state index contributed by atoms with van der Waals surface area (Å²) in [4.78, 5) is 17.7. The van der Waals surface area contributed by atoms with E-state index < -0.39 is 10.0 Å². The van der Waals surface area contributed by atoms with Gasteiger partial charge in [0.1, 0.15) is 0 Å². The van der Waals surface area contributed by atoms with E-state index in [0.29, 0.717) is 24.3 Å². The van der Waals surface area contributed by atoms with Crippen molar-refractivity contribution in [3.63, 3.8) is 0 Å². The first-order valence-electron chi connectivity index (χ1n) is 12.3. The maximum atomic E-state index is 13.2. The molecule has 0 spiro atoms. The van der Waals surface area contributed by atoms with Crippen molar-refractivity contribution in [3.8, 4) is 0 Å². The summed E-state index contributed by atoms with van der Waals surface area (Å²) in [5, 5.41) is 0. The van der Waals surface area contributed by atoms with E-state index in [2.05, 4.69) is 58.2 Å². The number of anilines is 1. The molecule has 0 saturated carbocycles. The first-order valence-corrected chi connectivity index (χ1v) is 13.8. The highest BCUT2D eigenvalue weighted by atomic mass is 32.2. The number of carbonyl (C=O) groups excluding carboxylic acids is 1. The van der Waals surface area contributed by atoms with Crippen LogP contribution in [0.15, 0.2) is 120 Å². The van der Waals surface area contributed by atoms with Crippen LogP contribution in [0.3, 0.4) is 0 Å². The van der Waals surface area contributed by atoms with Crippen molar-refractivity contribution >= 4 is 21.6 Å². The molecule has 7 heteroatoms. The maximum absolute atomic E-state index is 13.2. The standard InChI is InChI=1S/C30H29N3O3S/c34-30(26-16-18-27(19-17-26)31-37(35,36)28-14-8-3-9-15-28)33-22-20-32(21-23-33)29(24-10-4-1-5-11-24)25-12-6-2-7-13-25/h1-19,29,31H,20-23H2. The number of nitrogens with zero attached hydrogens (tertiary/aromatic N) is 2. The topological polar surface area (TPSA) is 69.7 Å². The Kier molecular flexibility index (Phi) is 7.35. The molecule has 1 saturated heterocycles. The van der Waals surface area contributed by atoms with Crippen molar-refractivity contribution in [2.75, 3.05) is 30.9 Å². The third kappa shape index (κ3) is 5.74. The molecule has 6 nitrogen and oxygen atoms in total. The van der Waals surface area contributed by atoms with Crippen LogP contribution in [0, 0.1) is 0 Å². The predicted octanol–water partition coefficient (Wildman–Crippen LogP) is 5.03. The number of hydrogen-bond acceptors (Lipinski definition) is 4. The van der Waals surface area contributed by atoms with Gasteiger partial charge in [-0.25, -0.2) is 8.42 Å². The van der Waals surface area contributed by atoms with Crippen molar-refractivity contribution in [2.24, 2.45) is 0 Å². The van der Waals surface area contributed by atoms with Gasteiger partial charge >= 0.3 is 0 Å². The second-order valence-corrected chi connectivity index (χ2v) is 10.7. The predicted molar refractivity (Wildman–Crippen MR) is 146 cm³/mol. The Morgan fingerprint density at radius 3 is 1.65 bits per heavy atom. The van der Waals surface area contributed by atoms with E-state index >= 15 is 0 Å². The summed E-state index contributed by atoms with van der Waals surface area (Å²) < 4.78 is 27.7. The number of piperazine rings is 1. The molecule has 4 aromatic carbocycles. The van der Waals surface area contributed by atoms with Crippen LogP contribution in [0.1, 0.15) is 27.5 Å². The van der Waals surface area contributed by atoms with E-state index in [1.54, 1.807) is 54.6 Å². The fourth-order valence-electron chi connectivity index (χ4n) is 4.75. The highest BCUT2D eigenvalue weighted by Crippen LogP contribution is 2.29. The first-order chi connectivity index (χ1) is 18.0. The molecule has 1 N–H and O–H groups in total. The molecule has 0 atom stereocenters. The van der Waals surface area contributed by atoms with Crippen LogP contribution >= 0.6 is 0 Å². The van der Waals surface area contributed by atoms with Crippen molar-refractivity contribution in [3.05, 3.63) is 132 Å². The zero-order chi connectivity index (χ0) is 25.7. The molecule has 0 radical (unpaired) electrons. The molecule has 0 unspecified atom stereocenters. The van der Waals surface area contributed by atoms with E-state index in [9.17, 15) is 13.2 Å². The molecule has 1 aliphatic rings. The Labute approximate surface area is 218 Å². The number of nitrogens with one attached hydrogen (secondary N) is 1. The number of rotatable bonds is 7. The van der Waals surface area contributed by atoms with E-state index in [0.717, 1.165) is 13.1 Å². The molecule has 0 aromatic heterocycles. The normalized spacial score (nSPS) is 14.5. The summed E-state index contributed by atoms with van der Waals surface area (Å²) in [5.74, 6) is -0.0481. The van der Waals surface area contributed by atoms with Crippen molar-refractivity contribution in [1.82, 2.24) is 9.80 Å². The third-order valence-corrected chi connectivity index (χ3v) is 8.03. The monoisotopic (exact) mass is 511 g/mol. The fourth-order valence-corrected chi connectivity index (χ4v) is 5.82. The molecule has 1 aliphatic heterocycles. The van der Waals surface area contributed by atoms with Gasteiger partial charge in [-0.2, -0.15) is 0 Å². The van der Waals surface area contributed by atoms with Gasteiger partial charge < -0.3 is 4.90 Å². The van der Waals surface area contributed by atoms with Gasteiger partial charge in [0.15, 0.2) is 0 Å². The lowest BCUT2D eigenvalue weighted by Crippen LogP contribution is -2.49. The second kappa shape index (κ2) is 11.0. The Balaban J connectivity index is 1.24. The smallest absolute Gasteiger partial charge is 0.261 e. The van der Waals surface area contributed by atoms with Gasteiger partial charge in [-0.1, -0.05) is 78.9 Å². The zero-order valence-electron chi connectivity index (χ0n) is 20.4. The molecule has 4 aromatic rings. The van der Waals surface area contributed by atoms with Gasteiger partial charge in [0, 0.05) is 37.4 Å². The molecular formula is C30H29N3O3S. The number of sulfonamides is 1. The van der Waals surface area contributed by atoms with E-state index in [1.807, 2.05) is 17.0 Å². The van der Waals surface area contributed by atoms with Crippen molar-refractivity contribution < 1.29 is 13.2 Å². The summed E-state index contributed by atoms with van der Waals surface area (Å²) in [6, 6.07) is 35.9. The summed E-state index contributed by atoms with van der Waals surface area (Å²) in [6.07, 6.45) is 0. The van der Waals surface area contributed by atoms with Crippen LogP contribution in [0.4, 0.5) is 5.69 Å². The Morgan fingerprint density at radius 1 is 0.649 bits per heavy atom. The average molecular weight is 512 g/mol. The fraction of sp³-hybridized carbons (Fsp3) is 0.167. The Bertz CT molecular complexity index is 1380. The Morgan fingerprint density at radius 2 is 1.14 bits per heavy atom. The number of carbonyl (C=O) groups is 1. The van der Waals surface area contributed by atoms with Crippen LogP contribution in [0.5, 0.6) is 0 Å². The van der Waals surface area contributed by atoms with Crippen LogP contribution in [-0.4, -0.2) is 50.3 Å². The summed E-state index contributed by atoms with van der Waals surface area (Å²) in [5.41, 5.74) is 3.43. The van der Waals surface area contributed by atoms with Gasteiger partial charge in [-0.05, 0) is 47.5 Å². The Hall–Kier alpha value is -3.94. The van der Waals surface area contributed by atoms with Gasteiger partial charge in [0.05, 0.1) is 10.9 Å². The van der Waals surface area contributed by atoms with Gasteiger partial charge in [-0.3, -0.25) is 14.4 Å². The van der Waals surface area contributed by atoms with Crippen LogP contribution in [0.2, 0.25) is 0 Å². The maximum Gasteiger partial charge on any atom is 0.261 e. The lowest BCUT2D eigenvalue weighted by atomic mass is 9.96.